The van der Waals surface area contributed by atoms with Crippen LogP contribution >= 0.6 is 11.3 Å². The van der Waals surface area contributed by atoms with Gasteiger partial charge in [0, 0.05) is 13.1 Å². The molecule has 2 fully saturated rings. The number of rotatable bonds is 3. The van der Waals surface area contributed by atoms with Crippen molar-refractivity contribution >= 4 is 11.3 Å². The van der Waals surface area contributed by atoms with Crippen LogP contribution < -0.4 is 0 Å². The molecule has 0 unspecified atom stereocenters. The Morgan fingerprint density at radius 1 is 1.48 bits per heavy atom. The summed E-state index contributed by atoms with van der Waals surface area (Å²) in [7, 11) is 0. The van der Waals surface area contributed by atoms with Gasteiger partial charge in [0.1, 0.15) is 6.10 Å². The first-order valence-corrected chi connectivity index (χ1v) is 8.41. The van der Waals surface area contributed by atoms with Gasteiger partial charge in [0.25, 0.3) is 5.89 Å². The molecule has 0 N–H and O–H groups in total. The molecule has 21 heavy (non-hydrogen) atoms. The lowest BCUT2D eigenvalue weighted by Crippen LogP contribution is -2.41. The molecule has 112 valence electrons. The Bertz CT molecular complexity index is 598. The molecule has 5 nitrogen and oxygen atoms in total. The summed E-state index contributed by atoms with van der Waals surface area (Å²) in [6, 6.07) is 2.20. The third-order valence-corrected chi connectivity index (χ3v) is 5.17. The van der Waals surface area contributed by atoms with Gasteiger partial charge in [-0.3, -0.25) is 4.90 Å². The quantitative estimate of drug-likeness (QED) is 0.873. The maximum absolute atomic E-state index is 6.18. The highest BCUT2D eigenvalue weighted by Gasteiger charge is 2.41. The van der Waals surface area contributed by atoms with Gasteiger partial charge >= 0.3 is 0 Å². The van der Waals surface area contributed by atoms with Gasteiger partial charge in [0.2, 0.25) is 0 Å². The molecule has 0 bridgehead atoms. The third kappa shape index (κ3) is 2.75. The second-order valence-corrected chi connectivity index (χ2v) is 6.77. The zero-order valence-corrected chi connectivity index (χ0v) is 12.9. The summed E-state index contributed by atoms with van der Waals surface area (Å²) in [6.45, 7) is 5.03. The van der Waals surface area contributed by atoms with Crippen LogP contribution in [0.3, 0.4) is 0 Å². The fraction of sp³-hybridized carbons (Fsp3) is 0.600. The summed E-state index contributed by atoms with van der Waals surface area (Å²) >= 11 is 1.76. The van der Waals surface area contributed by atoms with Gasteiger partial charge in [-0.15, -0.1) is 0 Å². The van der Waals surface area contributed by atoms with Gasteiger partial charge in [0.15, 0.2) is 5.82 Å². The second kappa shape index (κ2) is 5.51. The highest BCUT2D eigenvalue weighted by molar-refractivity contribution is 7.07. The van der Waals surface area contributed by atoms with Crippen molar-refractivity contribution in [3.05, 3.63) is 34.1 Å². The third-order valence-electron chi connectivity index (χ3n) is 4.44. The van der Waals surface area contributed by atoms with Crippen molar-refractivity contribution in [2.24, 2.45) is 5.92 Å². The first kappa shape index (κ1) is 13.4. The zero-order chi connectivity index (χ0) is 14.2. The van der Waals surface area contributed by atoms with E-state index in [-0.39, 0.29) is 6.10 Å². The van der Waals surface area contributed by atoms with Gasteiger partial charge < -0.3 is 9.26 Å². The van der Waals surface area contributed by atoms with Gasteiger partial charge in [0.05, 0.1) is 6.10 Å². The molecule has 0 amide bonds. The fourth-order valence-corrected chi connectivity index (χ4v) is 4.04. The Hall–Kier alpha value is -1.24. The predicted octanol–water partition coefficient (Wildman–Crippen LogP) is 2.79. The molecule has 0 aliphatic carbocycles. The molecule has 6 heteroatoms. The van der Waals surface area contributed by atoms with Crippen molar-refractivity contribution in [1.82, 2.24) is 15.0 Å². The standard InChI is InChI=1S/C15H19N3O2S/c1-10-16-15(20-17-10)13-6-12-2-4-18(8-14(12)19-13)7-11-3-5-21-9-11/h3,5,9,12-14H,2,4,6-8H2,1H3/t12-,13-,14+/m0/s1. The number of fused-ring (bicyclic) bond motifs is 1. The van der Waals surface area contributed by atoms with Crippen molar-refractivity contribution in [2.45, 2.75) is 38.5 Å². The highest BCUT2D eigenvalue weighted by atomic mass is 32.1. The topological polar surface area (TPSA) is 51.4 Å². The van der Waals surface area contributed by atoms with Gasteiger partial charge in [-0.05, 0) is 54.6 Å². The van der Waals surface area contributed by atoms with Gasteiger partial charge in [-0.2, -0.15) is 16.3 Å². The van der Waals surface area contributed by atoms with Crippen LogP contribution in [0.2, 0.25) is 0 Å². The molecule has 2 aromatic rings. The minimum absolute atomic E-state index is 0.0118. The normalized spacial score (nSPS) is 29.7. The van der Waals surface area contributed by atoms with Crippen LogP contribution in [0.4, 0.5) is 0 Å². The Morgan fingerprint density at radius 2 is 2.43 bits per heavy atom. The van der Waals surface area contributed by atoms with Crippen molar-refractivity contribution in [3.8, 4) is 0 Å². The van der Waals surface area contributed by atoms with E-state index in [9.17, 15) is 0 Å². The van der Waals surface area contributed by atoms with Crippen LogP contribution in [0.1, 0.15) is 36.2 Å². The van der Waals surface area contributed by atoms with Crippen molar-refractivity contribution in [1.29, 1.82) is 0 Å². The molecule has 4 heterocycles. The van der Waals surface area contributed by atoms with E-state index in [0.29, 0.717) is 23.7 Å². The molecule has 2 aliphatic rings. The monoisotopic (exact) mass is 305 g/mol. The van der Waals surface area contributed by atoms with E-state index < -0.39 is 0 Å². The largest absolute Gasteiger partial charge is 0.364 e. The Morgan fingerprint density at radius 3 is 3.19 bits per heavy atom. The van der Waals surface area contributed by atoms with Crippen LogP contribution in [0.5, 0.6) is 0 Å². The van der Waals surface area contributed by atoms with Crippen LogP contribution in [-0.2, 0) is 11.3 Å². The maximum Gasteiger partial charge on any atom is 0.255 e. The van der Waals surface area contributed by atoms with E-state index in [1.807, 2.05) is 6.92 Å². The average Bonchev–Trinajstić information content (AvgIpc) is 3.18. The molecule has 2 aromatic heterocycles. The first-order valence-electron chi connectivity index (χ1n) is 7.47. The first-order chi connectivity index (χ1) is 10.3. The predicted molar refractivity (Wildman–Crippen MR) is 79.0 cm³/mol. The van der Waals surface area contributed by atoms with Crippen molar-refractivity contribution < 1.29 is 9.26 Å². The molecule has 2 aliphatic heterocycles. The summed E-state index contributed by atoms with van der Waals surface area (Å²) in [5, 5.41) is 8.24. The molecule has 3 atom stereocenters. The number of likely N-dealkylation sites (tertiary alicyclic amines) is 1. The number of ether oxygens (including phenoxy) is 1. The maximum atomic E-state index is 6.18. The van der Waals surface area contributed by atoms with E-state index in [2.05, 4.69) is 31.9 Å². The second-order valence-electron chi connectivity index (χ2n) is 5.99. The highest BCUT2D eigenvalue weighted by Crippen LogP contribution is 2.40. The molecule has 0 aromatic carbocycles. The summed E-state index contributed by atoms with van der Waals surface area (Å²) in [6.07, 6.45) is 2.49. The molecule has 2 saturated heterocycles. The number of hydrogen-bond acceptors (Lipinski definition) is 6. The Balaban J connectivity index is 1.40. The SMILES string of the molecule is Cc1noc([C@@H]2C[C@@H]3CCN(Cc4ccsc4)C[C@H]3O2)n1. The number of aryl methyl sites for hydroxylation is 1. The molecule has 0 spiro atoms. The smallest absolute Gasteiger partial charge is 0.255 e. The molecule has 4 rings (SSSR count). The fourth-order valence-electron chi connectivity index (χ4n) is 3.38. The minimum atomic E-state index is -0.0118. The molecule has 0 saturated carbocycles. The number of aromatic nitrogens is 2. The molecular weight excluding hydrogens is 286 g/mol. The van der Waals surface area contributed by atoms with Crippen molar-refractivity contribution in [3.63, 3.8) is 0 Å². The van der Waals surface area contributed by atoms with Gasteiger partial charge in [-0.25, -0.2) is 0 Å². The van der Waals surface area contributed by atoms with E-state index >= 15 is 0 Å². The number of thiophene rings is 1. The summed E-state index contributed by atoms with van der Waals surface area (Å²) < 4.78 is 11.4. The molecule has 0 radical (unpaired) electrons. The lowest BCUT2D eigenvalue weighted by atomic mass is 9.91. The Labute approximate surface area is 127 Å². The summed E-state index contributed by atoms with van der Waals surface area (Å²) in [5.74, 6) is 1.95. The van der Waals surface area contributed by atoms with Crippen LogP contribution in [-0.4, -0.2) is 34.2 Å². The number of hydrogen-bond donors (Lipinski definition) is 0. The van der Waals surface area contributed by atoms with E-state index in [4.69, 9.17) is 9.26 Å². The van der Waals surface area contributed by atoms with E-state index in [1.165, 1.54) is 12.0 Å². The lowest BCUT2D eigenvalue weighted by Gasteiger charge is -2.33. The van der Waals surface area contributed by atoms with Crippen LogP contribution in [0, 0.1) is 12.8 Å². The van der Waals surface area contributed by atoms with Crippen molar-refractivity contribution in [2.75, 3.05) is 13.1 Å². The lowest BCUT2D eigenvalue weighted by molar-refractivity contribution is -0.0189. The molecular formula is C15H19N3O2S. The van der Waals surface area contributed by atoms with Crippen LogP contribution in [0.15, 0.2) is 21.3 Å². The van der Waals surface area contributed by atoms with Crippen LogP contribution in [0.25, 0.3) is 0 Å². The summed E-state index contributed by atoms with van der Waals surface area (Å²) in [4.78, 5) is 6.81. The van der Waals surface area contributed by atoms with E-state index in [1.54, 1.807) is 11.3 Å². The Kier molecular flexibility index (Phi) is 3.52. The van der Waals surface area contributed by atoms with E-state index in [0.717, 1.165) is 26.1 Å². The average molecular weight is 305 g/mol. The summed E-state index contributed by atoms with van der Waals surface area (Å²) in [5.41, 5.74) is 1.40. The zero-order valence-electron chi connectivity index (χ0n) is 12.1. The van der Waals surface area contributed by atoms with Gasteiger partial charge in [-0.1, -0.05) is 5.16 Å². The number of piperidine rings is 1. The minimum Gasteiger partial charge on any atom is -0.364 e. The number of nitrogens with zero attached hydrogens (tertiary/aromatic N) is 3.